The normalized spacial score (nSPS) is 14.3. The van der Waals surface area contributed by atoms with Gasteiger partial charge in [-0.3, -0.25) is 0 Å². The lowest BCUT2D eigenvalue weighted by molar-refractivity contribution is 0.0507. The SMILES string of the molecule is Cc1ccc(C(C)NCC(C)NC(=O)OC(C)(C)C)c(O)c1. The molecule has 1 rings (SSSR count). The van der Waals surface area contributed by atoms with Crippen molar-refractivity contribution in [3.05, 3.63) is 29.3 Å². The predicted octanol–water partition coefficient (Wildman–Crippen LogP) is 3.26. The van der Waals surface area contributed by atoms with Crippen molar-refractivity contribution in [1.82, 2.24) is 10.6 Å². The van der Waals surface area contributed by atoms with E-state index in [1.54, 1.807) is 6.07 Å². The molecule has 1 amide bonds. The quantitative estimate of drug-likeness (QED) is 0.781. The molecule has 0 aromatic heterocycles. The Hall–Kier alpha value is -1.75. The highest BCUT2D eigenvalue weighted by Gasteiger charge is 2.18. The summed E-state index contributed by atoms with van der Waals surface area (Å²) in [6.07, 6.45) is -0.423. The van der Waals surface area contributed by atoms with Gasteiger partial charge in [0.05, 0.1) is 0 Å². The van der Waals surface area contributed by atoms with Crippen LogP contribution in [0.3, 0.4) is 0 Å². The monoisotopic (exact) mass is 308 g/mol. The van der Waals surface area contributed by atoms with Gasteiger partial charge < -0.3 is 20.5 Å². The Labute approximate surface area is 133 Å². The second kappa shape index (κ2) is 7.49. The molecule has 0 fully saturated rings. The maximum absolute atomic E-state index is 11.7. The molecule has 0 bridgehead atoms. The maximum Gasteiger partial charge on any atom is 0.407 e. The summed E-state index contributed by atoms with van der Waals surface area (Å²) in [5, 5.41) is 16.0. The third kappa shape index (κ3) is 6.35. The first-order chi connectivity index (χ1) is 10.1. The number of phenols is 1. The van der Waals surface area contributed by atoms with Crippen molar-refractivity contribution >= 4 is 6.09 Å². The molecular weight excluding hydrogens is 280 g/mol. The third-order valence-corrected chi connectivity index (χ3v) is 3.15. The number of carbonyl (C=O) groups is 1. The molecule has 22 heavy (non-hydrogen) atoms. The third-order valence-electron chi connectivity index (χ3n) is 3.15. The highest BCUT2D eigenvalue weighted by molar-refractivity contribution is 5.68. The van der Waals surface area contributed by atoms with Gasteiger partial charge in [0.25, 0.3) is 0 Å². The molecule has 0 radical (unpaired) electrons. The van der Waals surface area contributed by atoms with Gasteiger partial charge in [-0.2, -0.15) is 0 Å². The molecule has 0 aliphatic heterocycles. The molecule has 0 aliphatic carbocycles. The summed E-state index contributed by atoms with van der Waals surface area (Å²) in [4.78, 5) is 11.7. The van der Waals surface area contributed by atoms with Crippen molar-refractivity contribution in [2.24, 2.45) is 0 Å². The van der Waals surface area contributed by atoms with Crippen LogP contribution >= 0.6 is 0 Å². The molecule has 124 valence electrons. The minimum absolute atomic E-state index is 0.0107. The number of aromatic hydroxyl groups is 1. The number of hydrogen-bond donors (Lipinski definition) is 3. The maximum atomic E-state index is 11.7. The molecule has 5 heteroatoms. The van der Waals surface area contributed by atoms with E-state index in [0.717, 1.165) is 11.1 Å². The van der Waals surface area contributed by atoms with Crippen LogP contribution in [0.15, 0.2) is 18.2 Å². The topological polar surface area (TPSA) is 70.6 Å². The van der Waals surface area contributed by atoms with Gasteiger partial charge in [-0.15, -0.1) is 0 Å². The highest BCUT2D eigenvalue weighted by Crippen LogP contribution is 2.24. The molecule has 3 N–H and O–H groups in total. The van der Waals surface area contributed by atoms with Crippen LogP contribution in [0.5, 0.6) is 5.75 Å². The molecule has 5 nitrogen and oxygen atoms in total. The Morgan fingerprint density at radius 3 is 2.50 bits per heavy atom. The number of carbonyl (C=O) groups excluding carboxylic acids is 1. The highest BCUT2D eigenvalue weighted by atomic mass is 16.6. The molecule has 0 spiro atoms. The zero-order valence-electron chi connectivity index (χ0n) is 14.4. The van der Waals surface area contributed by atoms with E-state index >= 15 is 0 Å². The van der Waals surface area contributed by atoms with E-state index in [-0.39, 0.29) is 17.8 Å². The number of nitrogens with one attached hydrogen (secondary N) is 2. The smallest absolute Gasteiger partial charge is 0.407 e. The summed E-state index contributed by atoms with van der Waals surface area (Å²) in [5.74, 6) is 0.285. The Bertz CT molecular complexity index is 509. The lowest BCUT2D eigenvalue weighted by Gasteiger charge is -2.23. The van der Waals surface area contributed by atoms with Crippen molar-refractivity contribution < 1.29 is 14.6 Å². The van der Waals surface area contributed by atoms with Crippen LogP contribution in [0.25, 0.3) is 0 Å². The van der Waals surface area contributed by atoms with E-state index in [2.05, 4.69) is 10.6 Å². The van der Waals surface area contributed by atoms with Crippen molar-refractivity contribution in [3.8, 4) is 5.75 Å². The molecule has 1 aromatic rings. The first-order valence-corrected chi connectivity index (χ1v) is 7.61. The van der Waals surface area contributed by atoms with Crippen molar-refractivity contribution in [3.63, 3.8) is 0 Å². The number of amides is 1. The zero-order chi connectivity index (χ0) is 16.9. The summed E-state index contributed by atoms with van der Waals surface area (Å²) >= 11 is 0. The number of hydrogen-bond acceptors (Lipinski definition) is 4. The van der Waals surface area contributed by atoms with Gasteiger partial charge >= 0.3 is 6.09 Å². The summed E-state index contributed by atoms with van der Waals surface area (Å²) in [6, 6.07) is 5.54. The summed E-state index contributed by atoms with van der Waals surface area (Å²) in [5.41, 5.74) is 1.36. The van der Waals surface area contributed by atoms with E-state index < -0.39 is 11.7 Å². The first-order valence-electron chi connectivity index (χ1n) is 7.61. The fraction of sp³-hybridized carbons (Fsp3) is 0.588. The lowest BCUT2D eigenvalue weighted by atomic mass is 10.0. The average molecular weight is 308 g/mol. The fourth-order valence-corrected chi connectivity index (χ4v) is 2.04. The standard InChI is InChI=1S/C17H28N2O3/c1-11-7-8-14(15(20)9-11)13(3)18-10-12(2)19-16(21)22-17(4,5)6/h7-9,12-13,18,20H,10H2,1-6H3,(H,19,21). The molecule has 2 atom stereocenters. The summed E-state index contributed by atoms with van der Waals surface area (Å²) in [7, 11) is 0. The molecule has 0 saturated carbocycles. The zero-order valence-corrected chi connectivity index (χ0v) is 14.4. The fourth-order valence-electron chi connectivity index (χ4n) is 2.04. The Balaban J connectivity index is 2.46. The van der Waals surface area contributed by atoms with Crippen molar-refractivity contribution in [2.45, 2.75) is 59.2 Å². The number of rotatable bonds is 5. The Morgan fingerprint density at radius 2 is 1.95 bits per heavy atom. The summed E-state index contributed by atoms with van der Waals surface area (Å²) < 4.78 is 5.21. The van der Waals surface area contributed by atoms with Crippen molar-refractivity contribution in [2.75, 3.05) is 6.54 Å². The van der Waals surface area contributed by atoms with E-state index in [1.807, 2.05) is 53.7 Å². The molecule has 0 aliphatic rings. The first kappa shape index (κ1) is 18.3. The second-order valence-corrected chi connectivity index (χ2v) is 6.74. The molecule has 0 saturated heterocycles. The van der Waals surface area contributed by atoms with Gasteiger partial charge in [-0.1, -0.05) is 12.1 Å². The number of benzene rings is 1. The van der Waals surface area contributed by atoms with Gasteiger partial charge in [-0.25, -0.2) is 4.79 Å². The molecular formula is C17H28N2O3. The number of alkyl carbamates (subject to hydrolysis) is 1. The van der Waals surface area contributed by atoms with Gasteiger partial charge in [-0.05, 0) is 53.2 Å². The van der Waals surface area contributed by atoms with Gasteiger partial charge in [0, 0.05) is 24.2 Å². The van der Waals surface area contributed by atoms with Crippen LogP contribution in [0.2, 0.25) is 0 Å². The number of aryl methyl sites for hydroxylation is 1. The average Bonchev–Trinajstić information content (AvgIpc) is 2.33. The van der Waals surface area contributed by atoms with Crippen LogP contribution < -0.4 is 10.6 Å². The minimum atomic E-state index is -0.502. The number of ether oxygens (including phenoxy) is 1. The molecule has 2 unspecified atom stereocenters. The minimum Gasteiger partial charge on any atom is -0.508 e. The van der Waals surface area contributed by atoms with E-state index in [0.29, 0.717) is 6.54 Å². The van der Waals surface area contributed by atoms with Crippen LogP contribution in [-0.4, -0.2) is 29.4 Å². The summed E-state index contributed by atoms with van der Waals surface area (Å²) in [6.45, 7) is 11.9. The Morgan fingerprint density at radius 1 is 1.32 bits per heavy atom. The van der Waals surface area contributed by atoms with Gasteiger partial charge in [0.15, 0.2) is 0 Å². The van der Waals surface area contributed by atoms with Gasteiger partial charge in [0.2, 0.25) is 0 Å². The lowest BCUT2D eigenvalue weighted by Crippen LogP contribution is -2.43. The second-order valence-electron chi connectivity index (χ2n) is 6.74. The van der Waals surface area contributed by atoms with Crippen LogP contribution in [0.1, 0.15) is 51.8 Å². The van der Waals surface area contributed by atoms with Gasteiger partial charge in [0.1, 0.15) is 11.4 Å². The van der Waals surface area contributed by atoms with Crippen LogP contribution in [0.4, 0.5) is 4.79 Å². The molecule has 1 aromatic carbocycles. The van der Waals surface area contributed by atoms with E-state index in [4.69, 9.17) is 4.74 Å². The largest absolute Gasteiger partial charge is 0.508 e. The molecule has 0 heterocycles. The number of phenolic OH excluding ortho intramolecular Hbond substituents is 1. The van der Waals surface area contributed by atoms with E-state index in [1.165, 1.54) is 0 Å². The van der Waals surface area contributed by atoms with Crippen LogP contribution in [-0.2, 0) is 4.74 Å². The van der Waals surface area contributed by atoms with Crippen LogP contribution in [0, 0.1) is 6.92 Å². The van der Waals surface area contributed by atoms with Crippen molar-refractivity contribution in [1.29, 1.82) is 0 Å². The van der Waals surface area contributed by atoms with E-state index in [9.17, 15) is 9.90 Å². The predicted molar refractivity (Wildman–Crippen MR) is 88.1 cm³/mol. The Kier molecular flexibility index (Phi) is 6.23.